The predicted octanol–water partition coefficient (Wildman–Crippen LogP) is 0.456. The van der Waals surface area contributed by atoms with Crippen LogP contribution in [0.2, 0.25) is 0 Å². The molecule has 0 N–H and O–H groups in total. The molecule has 7 heteroatoms. The first-order chi connectivity index (χ1) is 8.30. The topological polar surface area (TPSA) is 66.9 Å². The van der Waals surface area contributed by atoms with Gasteiger partial charge < -0.3 is 4.74 Å². The van der Waals surface area contributed by atoms with Gasteiger partial charge in [-0.05, 0) is 26.7 Å². The molecule has 0 bridgehead atoms. The first kappa shape index (κ1) is 15.4. The third-order valence-corrected chi connectivity index (χ3v) is 5.47. The third kappa shape index (κ3) is 3.21. The molecule has 0 spiro atoms. The molecule has 1 aliphatic heterocycles. The Kier molecular flexibility index (Phi) is 5.12. The minimum absolute atomic E-state index is 0.103. The van der Waals surface area contributed by atoms with Gasteiger partial charge in [-0.3, -0.25) is 4.79 Å². The summed E-state index contributed by atoms with van der Waals surface area (Å²) in [4.78, 5) is 11.5. The standard InChI is InChI=1S/C11H22N2O4S/c1-9(2)12(3)18(15,16)13-7-5-6-10(8-13)11(14)17-4/h9-10H,5-8H2,1-4H3/t10-/m0/s1. The summed E-state index contributed by atoms with van der Waals surface area (Å²) in [6, 6.07) is -0.103. The van der Waals surface area contributed by atoms with E-state index in [0.717, 1.165) is 0 Å². The molecular formula is C11H22N2O4S. The quantitative estimate of drug-likeness (QED) is 0.701. The maximum Gasteiger partial charge on any atom is 0.309 e. The van der Waals surface area contributed by atoms with E-state index in [2.05, 4.69) is 4.74 Å². The Labute approximate surface area is 109 Å². The Balaban J connectivity index is 2.81. The lowest BCUT2D eigenvalue weighted by molar-refractivity contribution is -0.146. The van der Waals surface area contributed by atoms with Crippen molar-refractivity contribution in [1.82, 2.24) is 8.61 Å². The molecule has 0 amide bonds. The van der Waals surface area contributed by atoms with Crippen LogP contribution in [0, 0.1) is 5.92 Å². The molecular weight excluding hydrogens is 256 g/mol. The molecule has 0 aromatic carbocycles. The van der Waals surface area contributed by atoms with Crippen LogP contribution in [0.4, 0.5) is 0 Å². The van der Waals surface area contributed by atoms with Crippen molar-refractivity contribution in [3.05, 3.63) is 0 Å². The SMILES string of the molecule is COC(=O)[C@H]1CCCN(S(=O)(=O)N(C)C(C)C)C1. The van der Waals surface area contributed by atoms with Gasteiger partial charge in [-0.1, -0.05) is 0 Å². The Morgan fingerprint density at radius 2 is 2.06 bits per heavy atom. The monoisotopic (exact) mass is 278 g/mol. The fourth-order valence-corrected chi connectivity index (χ4v) is 3.58. The van der Waals surface area contributed by atoms with Crippen LogP contribution in [0.25, 0.3) is 0 Å². The van der Waals surface area contributed by atoms with E-state index in [1.165, 1.54) is 15.7 Å². The number of ether oxygens (including phenoxy) is 1. The van der Waals surface area contributed by atoms with Gasteiger partial charge in [0.2, 0.25) is 0 Å². The molecule has 1 heterocycles. The number of nitrogens with zero attached hydrogens (tertiary/aromatic N) is 2. The Hall–Kier alpha value is -0.660. The average Bonchev–Trinajstić information content (AvgIpc) is 2.36. The molecule has 6 nitrogen and oxygen atoms in total. The van der Waals surface area contributed by atoms with Crippen LogP contribution in [0.15, 0.2) is 0 Å². The van der Waals surface area contributed by atoms with Gasteiger partial charge in [0.1, 0.15) is 0 Å². The lowest BCUT2D eigenvalue weighted by Crippen LogP contribution is -2.49. The molecule has 1 aliphatic rings. The number of esters is 1. The van der Waals surface area contributed by atoms with Crippen LogP contribution in [0.3, 0.4) is 0 Å². The fraction of sp³-hybridized carbons (Fsp3) is 0.909. The number of rotatable bonds is 4. The van der Waals surface area contributed by atoms with Crippen LogP contribution in [0.5, 0.6) is 0 Å². The van der Waals surface area contributed by atoms with Crippen molar-refractivity contribution < 1.29 is 17.9 Å². The second-order valence-corrected chi connectivity index (χ2v) is 6.83. The highest BCUT2D eigenvalue weighted by molar-refractivity contribution is 7.86. The minimum Gasteiger partial charge on any atom is -0.469 e. The number of carbonyl (C=O) groups is 1. The molecule has 0 aromatic heterocycles. The highest BCUT2D eigenvalue weighted by Gasteiger charge is 2.35. The maximum absolute atomic E-state index is 12.3. The van der Waals surface area contributed by atoms with Crippen molar-refractivity contribution in [3.63, 3.8) is 0 Å². The second-order valence-electron chi connectivity index (χ2n) is 4.84. The zero-order valence-electron chi connectivity index (χ0n) is 11.4. The summed E-state index contributed by atoms with van der Waals surface area (Å²) in [6.07, 6.45) is 1.37. The lowest BCUT2D eigenvalue weighted by atomic mass is 10.0. The normalized spacial score (nSPS) is 22.4. The maximum atomic E-state index is 12.3. The summed E-state index contributed by atoms with van der Waals surface area (Å²) in [6.45, 7) is 4.32. The Morgan fingerprint density at radius 1 is 1.44 bits per heavy atom. The summed E-state index contributed by atoms with van der Waals surface area (Å²) < 4.78 is 32.0. The molecule has 1 rings (SSSR count). The van der Waals surface area contributed by atoms with E-state index in [1.54, 1.807) is 7.05 Å². The molecule has 0 radical (unpaired) electrons. The van der Waals surface area contributed by atoms with Gasteiger partial charge in [0.05, 0.1) is 13.0 Å². The number of hydrogen-bond acceptors (Lipinski definition) is 4. The van der Waals surface area contributed by atoms with Crippen molar-refractivity contribution in [2.24, 2.45) is 5.92 Å². The van der Waals surface area contributed by atoms with Crippen molar-refractivity contribution in [3.8, 4) is 0 Å². The molecule has 0 saturated carbocycles. The van der Waals surface area contributed by atoms with Crippen LogP contribution >= 0.6 is 0 Å². The van der Waals surface area contributed by atoms with Crippen LogP contribution < -0.4 is 0 Å². The zero-order valence-corrected chi connectivity index (χ0v) is 12.2. The van der Waals surface area contributed by atoms with Gasteiger partial charge in [-0.2, -0.15) is 17.0 Å². The molecule has 1 atom stereocenters. The van der Waals surface area contributed by atoms with E-state index in [0.29, 0.717) is 19.4 Å². The van der Waals surface area contributed by atoms with Crippen LogP contribution in [0.1, 0.15) is 26.7 Å². The molecule has 106 valence electrons. The van der Waals surface area contributed by atoms with Crippen LogP contribution in [-0.2, 0) is 19.7 Å². The molecule has 0 aromatic rings. The Morgan fingerprint density at radius 3 is 2.56 bits per heavy atom. The van der Waals surface area contributed by atoms with Gasteiger partial charge in [0.25, 0.3) is 10.2 Å². The van der Waals surface area contributed by atoms with E-state index in [-0.39, 0.29) is 24.5 Å². The van der Waals surface area contributed by atoms with Crippen molar-refractivity contribution in [2.75, 3.05) is 27.2 Å². The highest BCUT2D eigenvalue weighted by Crippen LogP contribution is 2.22. The highest BCUT2D eigenvalue weighted by atomic mass is 32.2. The number of hydrogen-bond donors (Lipinski definition) is 0. The van der Waals surface area contributed by atoms with Gasteiger partial charge in [-0.15, -0.1) is 0 Å². The fourth-order valence-electron chi connectivity index (χ4n) is 1.96. The van der Waals surface area contributed by atoms with Gasteiger partial charge in [0, 0.05) is 26.2 Å². The van der Waals surface area contributed by atoms with Gasteiger partial charge >= 0.3 is 5.97 Å². The Bertz CT molecular complexity index is 394. The van der Waals surface area contributed by atoms with Gasteiger partial charge in [-0.25, -0.2) is 0 Å². The van der Waals surface area contributed by atoms with Crippen molar-refractivity contribution in [2.45, 2.75) is 32.7 Å². The molecule has 1 saturated heterocycles. The summed E-state index contributed by atoms with van der Waals surface area (Å²) in [5.41, 5.74) is 0. The summed E-state index contributed by atoms with van der Waals surface area (Å²) in [5.74, 6) is -0.679. The lowest BCUT2D eigenvalue weighted by Gasteiger charge is -2.34. The van der Waals surface area contributed by atoms with E-state index < -0.39 is 10.2 Å². The molecule has 0 aliphatic carbocycles. The smallest absolute Gasteiger partial charge is 0.309 e. The van der Waals surface area contributed by atoms with Crippen molar-refractivity contribution in [1.29, 1.82) is 0 Å². The van der Waals surface area contributed by atoms with E-state index in [1.807, 2.05) is 13.8 Å². The summed E-state index contributed by atoms with van der Waals surface area (Å²) >= 11 is 0. The minimum atomic E-state index is -3.48. The largest absolute Gasteiger partial charge is 0.469 e. The summed E-state index contributed by atoms with van der Waals surface area (Å²) in [7, 11) is -0.590. The molecule has 1 fully saturated rings. The number of carbonyl (C=O) groups excluding carboxylic acids is 1. The average molecular weight is 278 g/mol. The van der Waals surface area contributed by atoms with E-state index in [9.17, 15) is 13.2 Å². The second kappa shape index (κ2) is 5.99. The van der Waals surface area contributed by atoms with Crippen LogP contribution in [-0.4, -0.2) is 56.3 Å². The first-order valence-electron chi connectivity index (χ1n) is 6.11. The third-order valence-electron chi connectivity index (χ3n) is 3.34. The van der Waals surface area contributed by atoms with E-state index in [4.69, 9.17) is 0 Å². The molecule has 18 heavy (non-hydrogen) atoms. The first-order valence-corrected chi connectivity index (χ1v) is 7.51. The zero-order chi connectivity index (χ0) is 13.9. The van der Waals surface area contributed by atoms with Gasteiger partial charge in [0.15, 0.2) is 0 Å². The number of piperidine rings is 1. The molecule has 0 unspecified atom stereocenters. The van der Waals surface area contributed by atoms with E-state index >= 15 is 0 Å². The number of methoxy groups -OCH3 is 1. The predicted molar refractivity (Wildman–Crippen MR) is 68.1 cm³/mol. The summed E-state index contributed by atoms with van der Waals surface area (Å²) in [5, 5.41) is 0. The van der Waals surface area contributed by atoms with Crippen molar-refractivity contribution >= 4 is 16.2 Å².